The molecule has 6 heteroatoms. The molecule has 0 aliphatic carbocycles. The van der Waals surface area contributed by atoms with Crippen LogP contribution in [0.3, 0.4) is 0 Å². The highest BCUT2D eigenvalue weighted by Crippen LogP contribution is 2.25. The van der Waals surface area contributed by atoms with Crippen LogP contribution in [0.2, 0.25) is 0 Å². The summed E-state index contributed by atoms with van der Waals surface area (Å²) < 4.78 is 19.3. The average molecular weight is 318 g/mol. The Kier molecular flexibility index (Phi) is 4.61. The van der Waals surface area contributed by atoms with Gasteiger partial charge in [0.05, 0.1) is 11.7 Å². The second-order valence-electron chi connectivity index (χ2n) is 6.30. The fourth-order valence-electron chi connectivity index (χ4n) is 2.87. The largest absolute Gasteiger partial charge is 0.367 e. The predicted octanol–water partition coefficient (Wildman–Crippen LogP) is 3.22. The van der Waals surface area contributed by atoms with Crippen LogP contribution in [0, 0.1) is 5.82 Å². The average Bonchev–Trinajstić information content (AvgIpc) is 3.05. The quantitative estimate of drug-likeness (QED) is 0.866. The molecule has 1 atom stereocenters. The number of rotatable bonds is 4. The first kappa shape index (κ1) is 15.9. The van der Waals surface area contributed by atoms with Gasteiger partial charge in [0.15, 0.2) is 5.82 Å². The van der Waals surface area contributed by atoms with Crippen molar-refractivity contribution in [2.45, 2.75) is 32.7 Å². The summed E-state index contributed by atoms with van der Waals surface area (Å²) in [5.41, 5.74) is 0.680. The molecule has 0 N–H and O–H groups in total. The van der Waals surface area contributed by atoms with Crippen molar-refractivity contribution >= 4 is 5.69 Å². The highest BCUT2D eigenvalue weighted by molar-refractivity contribution is 5.48. The second kappa shape index (κ2) is 6.66. The topological polar surface area (TPSA) is 45.4 Å². The van der Waals surface area contributed by atoms with E-state index in [9.17, 15) is 4.39 Å². The van der Waals surface area contributed by atoms with Crippen molar-refractivity contribution in [3.63, 3.8) is 0 Å². The lowest BCUT2D eigenvalue weighted by Crippen LogP contribution is -2.47. The summed E-state index contributed by atoms with van der Waals surface area (Å²) in [6.07, 6.45) is 0. The van der Waals surface area contributed by atoms with E-state index in [0.717, 1.165) is 32.0 Å². The van der Waals surface area contributed by atoms with Crippen molar-refractivity contribution in [3.8, 4) is 0 Å². The molecule has 0 amide bonds. The molecule has 1 fully saturated rings. The molecule has 1 aliphatic rings. The van der Waals surface area contributed by atoms with Gasteiger partial charge in [0, 0.05) is 32.1 Å². The van der Waals surface area contributed by atoms with Crippen LogP contribution in [0.25, 0.3) is 0 Å². The van der Waals surface area contributed by atoms with Crippen molar-refractivity contribution in [3.05, 3.63) is 41.8 Å². The summed E-state index contributed by atoms with van der Waals surface area (Å²) in [4.78, 5) is 8.87. The van der Waals surface area contributed by atoms with Gasteiger partial charge in [-0.15, -0.1) is 0 Å². The zero-order valence-corrected chi connectivity index (χ0v) is 13.9. The van der Waals surface area contributed by atoms with Crippen molar-refractivity contribution in [2.75, 3.05) is 31.1 Å². The van der Waals surface area contributed by atoms with Gasteiger partial charge in [0.25, 0.3) is 0 Å². The molecule has 2 aromatic rings. The van der Waals surface area contributed by atoms with E-state index in [1.807, 2.05) is 26.0 Å². The zero-order chi connectivity index (χ0) is 16.4. The minimum atomic E-state index is -0.160. The Bertz CT molecular complexity index is 650. The van der Waals surface area contributed by atoms with E-state index in [2.05, 4.69) is 26.9 Å². The summed E-state index contributed by atoms with van der Waals surface area (Å²) in [5, 5.41) is 4.03. The number of hydrogen-bond donors (Lipinski definition) is 0. The summed E-state index contributed by atoms with van der Waals surface area (Å²) in [6, 6.07) is 7.02. The lowest BCUT2D eigenvalue weighted by Gasteiger charge is -2.38. The van der Waals surface area contributed by atoms with Gasteiger partial charge in [0.1, 0.15) is 5.82 Å². The minimum Gasteiger partial charge on any atom is -0.367 e. The van der Waals surface area contributed by atoms with E-state index < -0.39 is 0 Å². The lowest BCUT2D eigenvalue weighted by molar-refractivity contribution is 0.164. The Morgan fingerprint density at radius 1 is 1.09 bits per heavy atom. The van der Waals surface area contributed by atoms with Gasteiger partial charge in [-0.3, -0.25) is 4.90 Å². The maximum absolute atomic E-state index is 13.9. The van der Waals surface area contributed by atoms with Gasteiger partial charge >= 0.3 is 0 Å². The Hall–Kier alpha value is -1.95. The molecule has 0 unspecified atom stereocenters. The number of aromatic nitrogens is 2. The highest BCUT2D eigenvalue weighted by Gasteiger charge is 2.26. The number of hydrogen-bond acceptors (Lipinski definition) is 5. The molecule has 0 radical (unpaired) electrons. The van der Waals surface area contributed by atoms with Gasteiger partial charge in [-0.2, -0.15) is 4.98 Å². The molecule has 1 aromatic heterocycles. The van der Waals surface area contributed by atoms with Crippen LogP contribution in [0.5, 0.6) is 0 Å². The van der Waals surface area contributed by atoms with Gasteiger partial charge < -0.3 is 9.42 Å². The van der Waals surface area contributed by atoms with Crippen LogP contribution in [0.1, 0.15) is 44.4 Å². The van der Waals surface area contributed by atoms with Crippen molar-refractivity contribution < 1.29 is 8.91 Å². The van der Waals surface area contributed by atoms with Crippen LogP contribution in [-0.4, -0.2) is 41.2 Å². The van der Waals surface area contributed by atoms with Crippen molar-refractivity contribution in [2.24, 2.45) is 0 Å². The van der Waals surface area contributed by atoms with Crippen LogP contribution in [-0.2, 0) is 0 Å². The monoisotopic (exact) mass is 318 g/mol. The molecular weight excluding hydrogens is 295 g/mol. The molecule has 0 saturated carbocycles. The summed E-state index contributed by atoms with van der Waals surface area (Å²) in [5.74, 6) is 1.51. The van der Waals surface area contributed by atoms with Gasteiger partial charge in [0.2, 0.25) is 5.89 Å². The van der Waals surface area contributed by atoms with Crippen molar-refractivity contribution in [1.29, 1.82) is 0 Å². The summed E-state index contributed by atoms with van der Waals surface area (Å²) in [6.45, 7) is 9.44. The summed E-state index contributed by atoms with van der Waals surface area (Å²) >= 11 is 0. The molecule has 1 aromatic carbocycles. The van der Waals surface area contributed by atoms with Gasteiger partial charge in [-0.1, -0.05) is 31.1 Å². The molecule has 5 nitrogen and oxygen atoms in total. The Balaban J connectivity index is 1.63. The molecular formula is C17H23FN4O. The summed E-state index contributed by atoms with van der Waals surface area (Å²) in [7, 11) is 0. The number of anilines is 1. The van der Waals surface area contributed by atoms with Crippen molar-refractivity contribution in [1.82, 2.24) is 15.0 Å². The molecule has 2 heterocycles. The number of piperazine rings is 1. The highest BCUT2D eigenvalue weighted by atomic mass is 19.1. The third-order valence-corrected chi connectivity index (χ3v) is 4.39. The molecule has 0 bridgehead atoms. The second-order valence-corrected chi connectivity index (χ2v) is 6.30. The van der Waals surface area contributed by atoms with E-state index in [1.54, 1.807) is 6.07 Å². The Morgan fingerprint density at radius 3 is 2.39 bits per heavy atom. The van der Waals surface area contributed by atoms with Crippen LogP contribution in [0.15, 0.2) is 28.8 Å². The number of benzene rings is 1. The third kappa shape index (κ3) is 3.37. The van der Waals surface area contributed by atoms with E-state index in [1.165, 1.54) is 6.07 Å². The lowest BCUT2D eigenvalue weighted by atomic mass is 10.2. The van der Waals surface area contributed by atoms with Gasteiger partial charge in [-0.05, 0) is 19.1 Å². The van der Waals surface area contributed by atoms with E-state index in [4.69, 9.17) is 4.52 Å². The van der Waals surface area contributed by atoms with Crippen LogP contribution < -0.4 is 4.90 Å². The molecule has 3 rings (SSSR count). The Morgan fingerprint density at radius 2 is 1.78 bits per heavy atom. The molecule has 1 saturated heterocycles. The number of para-hydroxylation sites is 1. The van der Waals surface area contributed by atoms with Crippen LogP contribution in [0.4, 0.5) is 10.1 Å². The maximum Gasteiger partial charge on any atom is 0.243 e. The molecule has 0 spiro atoms. The first-order chi connectivity index (χ1) is 11.1. The standard InChI is InChI=1S/C17H23FN4O/c1-12(2)16-19-17(23-20-16)13(3)21-8-10-22(11-9-21)15-7-5-4-6-14(15)18/h4-7,12-13H,8-11H2,1-3H3/t13-/m0/s1. The fraction of sp³-hybridized carbons (Fsp3) is 0.529. The molecule has 1 aliphatic heterocycles. The Labute approximate surface area is 136 Å². The first-order valence-corrected chi connectivity index (χ1v) is 8.13. The number of nitrogens with zero attached hydrogens (tertiary/aromatic N) is 4. The third-order valence-electron chi connectivity index (χ3n) is 4.39. The van der Waals surface area contributed by atoms with E-state index >= 15 is 0 Å². The number of halogens is 1. The minimum absolute atomic E-state index is 0.0813. The van der Waals surface area contributed by atoms with E-state index in [-0.39, 0.29) is 17.8 Å². The van der Waals surface area contributed by atoms with Gasteiger partial charge in [-0.25, -0.2) is 4.39 Å². The smallest absolute Gasteiger partial charge is 0.243 e. The zero-order valence-electron chi connectivity index (χ0n) is 13.9. The van der Waals surface area contributed by atoms with Crippen LogP contribution >= 0.6 is 0 Å². The normalized spacial score (nSPS) is 17.7. The van der Waals surface area contributed by atoms with E-state index in [0.29, 0.717) is 11.6 Å². The maximum atomic E-state index is 13.9. The molecule has 124 valence electrons. The molecule has 23 heavy (non-hydrogen) atoms. The SMILES string of the molecule is CC(C)c1noc([C@H](C)N2CCN(c3ccccc3F)CC2)n1. The fourth-order valence-corrected chi connectivity index (χ4v) is 2.87. The first-order valence-electron chi connectivity index (χ1n) is 8.13. The predicted molar refractivity (Wildman–Crippen MR) is 87.0 cm³/mol.